The number of carbonyl (C=O) groups is 1. The van der Waals surface area contributed by atoms with Crippen molar-refractivity contribution in [3.8, 4) is 0 Å². The minimum Gasteiger partial charge on any atom is -0.325 e. The van der Waals surface area contributed by atoms with Crippen LogP contribution in [0, 0.1) is 11.6 Å². The first-order valence-electron chi connectivity index (χ1n) is 7.10. The minimum absolute atomic E-state index is 0.186. The van der Waals surface area contributed by atoms with Gasteiger partial charge < -0.3 is 5.32 Å². The number of carbonyl (C=O) groups excluding carboxylic acids is 1. The monoisotopic (exact) mass is 322 g/mol. The summed E-state index contributed by atoms with van der Waals surface area (Å²) in [6, 6.07) is 5.64. The molecule has 1 aliphatic heterocycles. The molecule has 6 heteroatoms. The second kappa shape index (κ2) is 6.14. The third-order valence-electron chi connectivity index (χ3n) is 3.95. The molecule has 3 nitrogen and oxygen atoms in total. The molecule has 1 amide bonds. The molecule has 1 aliphatic rings. The van der Waals surface area contributed by atoms with E-state index in [9.17, 15) is 13.6 Å². The fourth-order valence-corrected chi connectivity index (χ4v) is 3.70. The first-order valence-corrected chi connectivity index (χ1v) is 7.98. The van der Waals surface area contributed by atoms with Crippen molar-refractivity contribution in [2.24, 2.45) is 0 Å². The molecule has 3 rings (SSSR count). The number of rotatable bonds is 3. The van der Waals surface area contributed by atoms with Gasteiger partial charge in [0, 0.05) is 29.2 Å². The molecule has 0 saturated carbocycles. The van der Waals surface area contributed by atoms with E-state index in [-0.39, 0.29) is 24.2 Å². The Hall–Kier alpha value is -1.79. The molecule has 1 atom stereocenters. The van der Waals surface area contributed by atoms with Gasteiger partial charge in [-0.2, -0.15) is 0 Å². The molecule has 0 spiro atoms. The quantitative estimate of drug-likeness (QED) is 0.937. The normalized spacial score (nSPS) is 18.0. The van der Waals surface area contributed by atoms with Crippen LogP contribution in [0.3, 0.4) is 0 Å². The summed E-state index contributed by atoms with van der Waals surface area (Å²) in [5.41, 5.74) is 1.54. The van der Waals surface area contributed by atoms with Crippen LogP contribution < -0.4 is 5.32 Å². The average Bonchev–Trinajstić information content (AvgIpc) is 2.95. The van der Waals surface area contributed by atoms with Gasteiger partial charge >= 0.3 is 0 Å². The van der Waals surface area contributed by atoms with Crippen LogP contribution >= 0.6 is 11.3 Å². The second-order valence-electron chi connectivity index (χ2n) is 5.37. The maximum atomic E-state index is 13.1. The number of halogens is 2. The molecule has 1 aromatic heterocycles. The number of nitrogens with zero attached hydrogens (tertiary/aromatic N) is 1. The summed E-state index contributed by atoms with van der Waals surface area (Å²) in [5, 5.41) is 4.69. The van der Waals surface area contributed by atoms with E-state index in [0.717, 1.165) is 25.1 Å². The van der Waals surface area contributed by atoms with Crippen molar-refractivity contribution < 1.29 is 13.6 Å². The van der Waals surface area contributed by atoms with Gasteiger partial charge in [-0.3, -0.25) is 9.69 Å². The van der Waals surface area contributed by atoms with Gasteiger partial charge in [-0.05, 0) is 42.5 Å². The summed E-state index contributed by atoms with van der Waals surface area (Å²) in [6.07, 6.45) is 0.940. The summed E-state index contributed by atoms with van der Waals surface area (Å²) in [6.45, 7) is 3.13. The Bertz CT molecular complexity index is 701. The van der Waals surface area contributed by atoms with Crippen LogP contribution in [0.1, 0.15) is 23.4 Å². The van der Waals surface area contributed by atoms with Crippen LogP contribution in [0.15, 0.2) is 29.6 Å². The minimum atomic E-state index is -0.966. The second-order valence-corrected chi connectivity index (χ2v) is 6.37. The van der Waals surface area contributed by atoms with Gasteiger partial charge in [-0.25, -0.2) is 8.78 Å². The third-order valence-corrected chi connectivity index (χ3v) is 4.95. The zero-order valence-corrected chi connectivity index (χ0v) is 12.9. The smallest absolute Gasteiger partial charge is 0.238 e. The standard InChI is InChI=1S/C16H16F2N2OS/c1-10-12-5-7-22-15(12)4-6-20(10)9-16(21)19-11-2-3-13(17)14(18)8-11/h2-3,5,7-8,10H,4,6,9H2,1H3,(H,19,21)/t10-/m1/s1. The van der Waals surface area contributed by atoms with E-state index in [1.54, 1.807) is 11.3 Å². The highest BCUT2D eigenvalue weighted by atomic mass is 32.1. The van der Waals surface area contributed by atoms with Crippen LogP contribution in [0.2, 0.25) is 0 Å². The van der Waals surface area contributed by atoms with Crippen molar-refractivity contribution in [3.05, 3.63) is 51.7 Å². The Balaban J connectivity index is 1.64. The van der Waals surface area contributed by atoms with Crippen LogP contribution in [0.4, 0.5) is 14.5 Å². The molecular weight excluding hydrogens is 306 g/mol. The first-order chi connectivity index (χ1) is 10.5. The number of anilines is 1. The molecule has 0 unspecified atom stereocenters. The maximum Gasteiger partial charge on any atom is 0.238 e. The Morgan fingerprint density at radius 3 is 2.95 bits per heavy atom. The van der Waals surface area contributed by atoms with E-state index in [0.29, 0.717) is 0 Å². The van der Waals surface area contributed by atoms with E-state index in [2.05, 4.69) is 28.6 Å². The van der Waals surface area contributed by atoms with Gasteiger partial charge in [0.2, 0.25) is 5.91 Å². The zero-order chi connectivity index (χ0) is 15.7. The number of fused-ring (bicyclic) bond motifs is 1. The number of thiophene rings is 1. The van der Waals surface area contributed by atoms with Gasteiger partial charge in [0.1, 0.15) is 0 Å². The van der Waals surface area contributed by atoms with E-state index >= 15 is 0 Å². The Morgan fingerprint density at radius 2 is 2.18 bits per heavy atom. The van der Waals surface area contributed by atoms with Crippen LogP contribution in [0.5, 0.6) is 0 Å². The van der Waals surface area contributed by atoms with Crippen molar-refractivity contribution in [2.45, 2.75) is 19.4 Å². The van der Waals surface area contributed by atoms with E-state index in [1.807, 2.05) is 0 Å². The molecule has 2 aromatic rings. The predicted molar refractivity (Wildman–Crippen MR) is 83.0 cm³/mol. The van der Waals surface area contributed by atoms with Crippen molar-refractivity contribution in [1.29, 1.82) is 0 Å². The van der Waals surface area contributed by atoms with Gasteiger partial charge in [0.05, 0.1) is 6.54 Å². The molecular formula is C16H16F2N2OS. The fraction of sp³-hybridized carbons (Fsp3) is 0.312. The topological polar surface area (TPSA) is 32.3 Å². The lowest BCUT2D eigenvalue weighted by Gasteiger charge is -2.32. The van der Waals surface area contributed by atoms with Crippen LogP contribution in [-0.4, -0.2) is 23.9 Å². The van der Waals surface area contributed by atoms with Crippen LogP contribution in [-0.2, 0) is 11.2 Å². The molecule has 1 N–H and O–H groups in total. The zero-order valence-electron chi connectivity index (χ0n) is 12.1. The summed E-state index contributed by atoms with van der Waals surface area (Å²) < 4.78 is 26.0. The number of amides is 1. The highest BCUT2D eigenvalue weighted by Crippen LogP contribution is 2.32. The van der Waals surface area contributed by atoms with Gasteiger partial charge in [0.15, 0.2) is 11.6 Å². The number of nitrogens with one attached hydrogen (secondary N) is 1. The molecule has 116 valence electrons. The number of hydrogen-bond acceptors (Lipinski definition) is 3. The van der Waals surface area contributed by atoms with E-state index < -0.39 is 11.6 Å². The molecule has 0 fully saturated rings. The van der Waals surface area contributed by atoms with Crippen molar-refractivity contribution in [3.63, 3.8) is 0 Å². The summed E-state index contributed by atoms with van der Waals surface area (Å²) in [4.78, 5) is 15.6. The predicted octanol–water partition coefficient (Wildman–Crippen LogP) is 3.58. The SMILES string of the molecule is C[C@@H]1c2ccsc2CCN1CC(=O)Nc1ccc(F)c(F)c1. The summed E-state index contributed by atoms with van der Waals surface area (Å²) in [5.74, 6) is -2.11. The number of hydrogen-bond donors (Lipinski definition) is 1. The molecule has 1 aromatic carbocycles. The lowest BCUT2D eigenvalue weighted by atomic mass is 10.0. The van der Waals surface area contributed by atoms with Crippen molar-refractivity contribution >= 4 is 22.9 Å². The van der Waals surface area contributed by atoms with Crippen molar-refractivity contribution in [2.75, 3.05) is 18.4 Å². The summed E-state index contributed by atoms with van der Waals surface area (Å²) in [7, 11) is 0. The van der Waals surface area contributed by atoms with E-state index in [4.69, 9.17) is 0 Å². The third kappa shape index (κ3) is 3.03. The average molecular weight is 322 g/mol. The molecule has 0 radical (unpaired) electrons. The molecule has 0 saturated heterocycles. The molecule has 0 bridgehead atoms. The van der Waals surface area contributed by atoms with Crippen molar-refractivity contribution in [1.82, 2.24) is 4.90 Å². The maximum absolute atomic E-state index is 13.1. The highest BCUT2D eigenvalue weighted by molar-refractivity contribution is 7.10. The largest absolute Gasteiger partial charge is 0.325 e. The van der Waals surface area contributed by atoms with E-state index in [1.165, 1.54) is 16.5 Å². The molecule has 0 aliphatic carbocycles. The van der Waals surface area contributed by atoms with Gasteiger partial charge in [-0.15, -0.1) is 11.3 Å². The molecule has 22 heavy (non-hydrogen) atoms. The highest BCUT2D eigenvalue weighted by Gasteiger charge is 2.26. The fourth-order valence-electron chi connectivity index (χ4n) is 2.74. The Morgan fingerprint density at radius 1 is 1.36 bits per heavy atom. The Kier molecular flexibility index (Phi) is 4.22. The molecule has 2 heterocycles. The number of benzene rings is 1. The Labute approximate surface area is 131 Å². The van der Waals surface area contributed by atoms with Gasteiger partial charge in [0.25, 0.3) is 0 Å². The first kappa shape index (κ1) is 15.1. The lowest BCUT2D eigenvalue weighted by molar-refractivity contribution is -0.117. The summed E-state index contributed by atoms with van der Waals surface area (Å²) >= 11 is 1.75. The lowest BCUT2D eigenvalue weighted by Crippen LogP contribution is -2.39. The van der Waals surface area contributed by atoms with Crippen LogP contribution in [0.25, 0.3) is 0 Å². The van der Waals surface area contributed by atoms with Gasteiger partial charge in [-0.1, -0.05) is 0 Å².